The number of pyridine rings is 1. The first-order chi connectivity index (χ1) is 13.8. The van der Waals surface area contributed by atoms with Gasteiger partial charge in [-0.3, -0.25) is 4.98 Å². The van der Waals surface area contributed by atoms with Crippen LogP contribution in [0.15, 0.2) is 93.9 Å². The van der Waals surface area contributed by atoms with E-state index < -0.39 is 0 Å². The average molecular weight is 424 g/mol. The number of benzene rings is 4. The van der Waals surface area contributed by atoms with E-state index in [2.05, 4.69) is 70.5 Å². The standard InChI is InChI=1S/C25H14BrNO/c26-20-13-12-18(25-23(20)19-7-1-2-9-21(19)28-25)17-8-3-5-15-10-11-16-6-4-14-27-24(16)22(15)17/h1-14H. The third-order valence-electron chi connectivity index (χ3n) is 5.38. The fourth-order valence-electron chi connectivity index (χ4n) is 4.14. The minimum Gasteiger partial charge on any atom is -0.455 e. The van der Waals surface area contributed by atoms with E-state index >= 15 is 0 Å². The maximum absolute atomic E-state index is 6.33. The lowest BCUT2D eigenvalue weighted by Gasteiger charge is -2.10. The number of aromatic nitrogens is 1. The lowest BCUT2D eigenvalue weighted by Crippen LogP contribution is -1.87. The summed E-state index contributed by atoms with van der Waals surface area (Å²) in [7, 11) is 0. The van der Waals surface area contributed by atoms with Crippen LogP contribution in [0.5, 0.6) is 0 Å². The van der Waals surface area contributed by atoms with Crippen molar-refractivity contribution < 1.29 is 4.42 Å². The van der Waals surface area contributed by atoms with Gasteiger partial charge in [-0.2, -0.15) is 0 Å². The topological polar surface area (TPSA) is 26.0 Å². The van der Waals surface area contributed by atoms with Crippen molar-refractivity contribution in [2.75, 3.05) is 0 Å². The van der Waals surface area contributed by atoms with Gasteiger partial charge in [-0.25, -0.2) is 0 Å². The quantitative estimate of drug-likeness (QED) is 0.253. The maximum atomic E-state index is 6.33. The van der Waals surface area contributed by atoms with Crippen LogP contribution in [0.1, 0.15) is 0 Å². The van der Waals surface area contributed by atoms with Crippen molar-refractivity contribution in [3.8, 4) is 11.1 Å². The minimum absolute atomic E-state index is 0.897. The lowest BCUT2D eigenvalue weighted by atomic mass is 9.95. The van der Waals surface area contributed by atoms with Crippen LogP contribution in [-0.2, 0) is 0 Å². The van der Waals surface area contributed by atoms with Gasteiger partial charge in [0.05, 0.1) is 5.52 Å². The Balaban J connectivity index is 1.81. The summed E-state index contributed by atoms with van der Waals surface area (Å²) in [6.07, 6.45) is 1.86. The summed E-state index contributed by atoms with van der Waals surface area (Å²) in [6.45, 7) is 0. The van der Waals surface area contributed by atoms with Crippen molar-refractivity contribution in [3.63, 3.8) is 0 Å². The smallest absolute Gasteiger partial charge is 0.144 e. The van der Waals surface area contributed by atoms with E-state index in [1.165, 1.54) is 5.39 Å². The van der Waals surface area contributed by atoms with E-state index in [0.29, 0.717) is 0 Å². The zero-order valence-corrected chi connectivity index (χ0v) is 16.4. The van der Waals surface area contributed by atoms with Gasteiger partial charge in [-0.05, 0) is 35.2 Å². The molecule has 0 atom stereocenters. The summed E-state index contributed by atoms with van der Waals surface area (Å²) in [6, 6.07) is 27.2. The summed E-state index contributed by atoms with van der Waals surface area (Å²) < 4.78 is 7.37. The summed E-state index contributed by atoms with van der Waals surface area (Å²) in [4.78, 5) is 4.70. The van der Waals surface area contributed by atoms with Crippen molar-refractivity contribution in [1.29, 1.82) is 0 Å². The summed E-state index contributed by atoms with van der Waals surface area (Å²) in [5, 5.41) is 5.70. The zero-order valence-electron chi connectivity index (χ0n) is 14.8. The second-order valence-electron chi connectivity index (χ2n) is 6.94. The van der Waals surface area contributed by atoms with E-state index in [-0.39, 0.29) is 0 Å². The number of furan rings is 1. The second-order valence-corrected chi connectivity index (χ2v) is 7.80. The van der Waals surface area contributed by atoms with Crippen molar-refractivity contribution in [2.45, 2.75) is 0 Å². The first-order valence-electron chi connectivity index (χ1n) is 9.18. The Morgan fingerprint density at radius 1 is 0.679 bits per heavy atom. The molecule has 2 aromatic heterocycles. The molecule has 0 unspecified atom stereocenters. The number of fused-ring (bicyclic) bond motifs is 6. The number of nitrogens with zero attached hydrogens (tertiary/aromatic N) is 1. The van der Waals surface area contributed by atoms with E-state index in [4.69, 9.17) is 9.40 Å². The Kier molecular flexibility index (Phi) is 3.35. The molecule has 0 amide bonds. The number of rotatable bonds is 1. The van der Waals surface area contributed by atoms with E-state index in [1.54, 1.807) is 0 Å². The number of hydrogen-bond acceptors (Lipinski definition) is 2. The van der Waals surface area contributed by atoms with E-state index in [9.17, 15) is 0 Å². The van der Waals surface area contributed by atoms with Crippen LogP contribution in [0.25, 0.3) is 54.7 Å². The van der Waals surface area contributed by atoms with Gasteiger partial charge < -0.3 is 4.42 Å². The lowest BCUT2D eigenvalue weighted by molar-refractivity contribution is 0.670. The molecule has 0 fully saturated rings. The molecular formula is C25H14BrNO. The summed E-state index contributed by atoms with van der Waals surface area (Å²) in [5.74, 6) is 0. The predicted molar refractivity (Wildman–Crippen MR) is 120 cm³/mol. The predicted octanol–water partition coefficient (Wildman–Crippen LogP) is 7.72. The van der Waals surface area contributed by atoms with Crippen LogP contribution in [-0.4, -0.2) is 4.98 Å². The third kappa shape index (κ3) is 2.17. The zero-order chi connectivity index (χ0) is 18.7. The number of hydrogen-bond donors (Lipinski definition) is 0. The maximum Gasteiger partial charge on any atom is 0.144 e. The van der Waals surface area contributed by atoms with Crippen LogP contribution < -0.4 is 0 Å². The van der Waals surface area contributed by atoms with E-state index in [0.717, 1.165) is 53.8 Å². The van der Waals surface area contributed by atoms with Gasteiger partial charge in [-0.1, -0.05) is 70.5 Å². The molecule has 2 heterocycles. The van der Waals surface area contributed by atoms with Crippen LogP contribution in [0.2, 0.25) is 0 Å². The molecule has 3 heteroatoms. The number of halogens is 1. The SMILES string of the molecule is Brc1ccc(-c2cccc3ccc4cccnc4c23)c2oc3ccccc3c12. The Bertz CT molecular complexity index is 1530. The van der Waals surface area contributed by atoms with Crippen LogP contribution in [0.4, 0.5) is 0 Å². The second kappa shape index (κ2) is 5.91. The monoisotopic (exact) mass is 423 g/mol. The molecule has 0 N–H and O–H groups in total. The van der Waals surface area contributed by atoms with Gasteiger partial charge >= 0.3 is 0 Å². The van der Waals surface area contributed by atoms with Gasteiger partial charge in [-0.15, -0.1) is 0 Å². The van der Waals surface area contributed by atoms with Gasteiger partial charge in [0.2, 0.25) is 0 Å². The molecule has 4 aromatic carbocycles. The fraction of sp³-hybridized carbons (Fsp3) is 0. The molecule has 0 saturated heterocycles. The molecule has 2 nitrogen and oxygen atoms in total. The molecule has 0 bridgehead atoms. The minimum atomic E-state index is 0.897. The highest BCUT2D eigenvalue weighted by molar-refractivity contribution is 9.10. The van der Waals surface area contributed by atoms with Crippen molar-refractivity contribution in [1.82, 2.24) is 4.98 Å². The van der Waals surface area contributed by atoms with Crippen LogP contribution >= 0.6 is 15.9 Å². The Labute approximate surface area is 169 Å². The van der Waals surface area contributed by atoms with Gasteiger partial charge in [0.15, 0.2) is 0 Å². The molecular weight excluding hydrogens is 410 g/mol. The Morgan fingerprint density at radius 2 is 1.54 bits per heavy atom. The molecule has 6 aromatic rings. The van der Waals surface area contributed by atoms with Gasteiger partial charge in [0, 0.05) is 37.8 Å². The van der Waals surface area contributed by atoms with Gasteiger partial charge in [0.1, 0.15) is 11.2 Å². The summed E-state index contributed by atoms with van der Waals surface area (Å²) >= 11 is 3.72. The summed E-state index contributed by atoms with van der Waals surface area (Å²) in [5.41, 5.74) is 5.03. The van der Waals surface area contributed by atoms with Crippen molar-refractivity contribution in [2.24, 2.45) is 0 Å². The normalized spacial score (nSPS) is 11.8. The largest absolute Gasteiger partial charge is 0.455 e. The molecule has 28 heavy (non-hydrogen) atoms. The molecule has 0 saturated carbocycles. The first kappa shape index (κ1) is 15.8. The van der Waals surface area contributed by atoms with E-state index in [1.807, 2.05) is 30.5 Å². The molecule has 132 valence electrons. The molecule has 0 spiro atoms. The third-order valence-corrected chi connectivity index (χ3v) is 6.04. The number of para-hydroxylation sites is 1. The molecule has 0 aliphatic carbocycles. The van der Waals surface area contributed by atoms with Crippen molar-refractivity contribution >= 4 is 59.5 Å². The Morgan fingerprint density at radius 3 is 2.50 bits per heavy atom. The van der Waals surface area contributed by atoms with Gasteiger partial charge in [0.25, 0.3) is 0 Å². The molecule has 0 aliphatic heterocycles. The molecule has 6 rings (SSSR count). The fourth-order valence-corrected chi connectivity index (χ4v) is 4.66. The van der Waals surface area contributed by atoms with Crippen molar-refractivity contribution in [3.05, 3.63) is 89.5 Å². The highest BCUT2D eigenvalue weighted by Crippen LogP contribution is 2.42. The average Bonchev–Trinajstić information content (AvgIpc) is 3.14. The molecule has 0 radical (unpaired) electrons. The highest BCUT2D eigenvalue weighted by atomic mass is 79.9. The highest BCUT2D eigenvalue weighted by Gasteiger charge is 2.17. The first-order valence-corrected chi connectivity index (χ1v) is 9.97. The Hall–Kier alpha value is -3.17. The van der Waals surface area contributed by atoms with Crippen LogP contribution in [0, 0.1) is 0 Å². The van der Waals surface area contributed by atoms with Crippen LogP contribution in [0.3, 0.4) is 0 Å². The molecule has 0 aliphatic rings.